The molecule has 1 amide bonds. The molecular weight excluding hydrogens is 218 g/mol. The van der Waals surface area contributed by atoms with Crippen LogP contribution in [-0.2, 0) is 4.79 Å². The largest absolute Gasteiger partial charge is 0.393 e. The number of hydrogen-bond donors (Lipinski definition) is 2. The lowest BCUT2D eigenvalue weighted by Crippen LogP contribution is -2.47. The second-order valence-corrected chi connectivity index (χ2v) is 4.95. The quantitative estimate of drug-likeness (QED) is 0.684. The third-order valence-electron chi connectivity index (χ3n) is 3.67. The van der Waals surface area contributed by atoms with Gasteiger partial charge in [0.05, 0.1) is 6.10 Å². The fourth-order valence-corrected chi connectivity index (χ4v) is 2.47. The minimum atomic E-state index is -0.130. The fourth-order valence-electron chi connectivity index (χ4n) is 2.47. The lowest BCUT2D eigenvalue weighted by atomic mass is 10.1. The van der Waals surface area contributed by atoms with E-state index in [0.29, 0.717) is 6.42 Å². The summed E-state index contributed by atoms with van der Waals surface area (Å²) in [6.07, 6.45) is 2.19. The van der Waals surface area contributed by atoms with Crippen molar-refractivity contribution in [1.82, 2.24) is 15.1 Å². The fraction of sp³-hybridized carbons (Fsp3) is 0.917. The molecule has 0 saturated carbocycles. The summed E-state index contributed by atoms with van der Waals surface area (Å²) in [6, 6.07) is 0. The van der Waals surface area contributed by atoms with Crippen LogP contribution in [0.2, 0.25) is 0 Å². The van der Waals surface area contributed by atoms with E-state index in [0.717, 1.165) is 58.7 Å². The molecule has 5 nitrogen and oxygen atoms in total. The molecule has 17 heavy (non-hydrogen) atoms. The number of nitrogens with zero attached hydrogens (tertiary/aromatic N) is 2. The predicted octanol–water partition coefficient (Wildman–Crippen LogP) is -0.735. The van der Waals surface area contributed by atoms with Crippen LogP contribution in [0.3, 0.4) is 0 Å². The lowest BCUT2D eigenvalue weighted by molar-refractivity contribution is -0.132. The van der Waals surface area contributed by atoms with Crippen LogP contribution in [0, 0.1) is 0 Å². The minimum Gasteiger partial charge on any atom is -0.393 e. The minimum absolute atomic E-state index is 0.130. The van der Waals surface area contributed by atoms with Crippen molar-refractivity contribution in [3.63, 3.8) is 0 Å². The Morgan fingerprint density at radius 2 is 1.82 bits per heavy atom. The van der Waals surface area contributed by atoms with Crippen molar-refractivity contribution in [2.45, 2.75) is 25.4 Å². The second kappa shape index (κ2) is 6.33. The Morgan fingerprint density at radius 3 is 2.47 bits per heavy atom. The van der Waals surface area contributed by atoms with Crippen molar-refractivity contribution in [3.8, 4) is 0 Å². The van der Waals surface area contributed by atoms with Crippen LogP contribution in [0.15, 0.2) is 0 Å². The maximum atomic E-state index is 11.9. The van der Waals surface area contributed by atoms with Crippen molar-refractivity contribution in [2.75, 3.05) is 45.8 Å². The van der Waals surface area contributed by atoms with E-state index in [1.807, 2.05) is 4.90 Å². The molecule has 0 radical (unpaired) electrons. The summed E-state index contributed by atoms with van der Waals surface area (Å²) in [4.78, 5) is 16.2. The highest BCUT2D eigenvalue weighted by molar-refractivity contribution is 5.76. The average molecular weight is 241 g/mol. The molecule has 2 N–H and O–H groups in total. The van der Waals surface area contributed by atoms with E-state index in [9.17, 15) is 9.90 Å². The number of rotatable bonds is 3. The standard InChI is InChI=1S/C12H23N3O2/c16-11-1-6-14(7-2-11)8-3-12(17)15-9-4-13-5-10-15/h11,13,16H,1-10H2. The summed E-state index contributed by atoms with van der Waals surface area (Å²) >= 11 is 0. The zero-order chi connectivity index (χ0) is 12.1. The molecule has 0 spiro atoms. The maximum Gasteiger partial charge on any atom is 0.223 e. The third-order valence-corrected chi connectivity index (χ3v) is 3.67. The van der Waals surface area contributed by atoms with Crippen molar-refractivity contribution in [2.24, 2.45) is 0 Å². The van der Waals surface area contributed by atoms with Crippen molar-refractivity contribution >= 4 is 5.91 Å². The Hall–Kier alpha value is -0.650. The first-order valence-corrected chi connectivity index (χ1v) is 6.64. The molecule has 2 heterocycles. The molecule has 2 rings (SSSR count). The SMILES string of the molecule is O=C(CCN1CCC(O)CC1)N1CCNCC1. The highest BCUT2D eigenvalue weighted by Crippen LogP contribution is 2.10. The molecule has 0 aromatic rings. The number of carbonyl (C=O) groups excluding carboxylic acids is 1. The van der Waals surface area contributed by atoms with Gasteiger partial charge in [-0.05, 0) is 12.8 Å². The summed E-state index contributed by atoms with van der Waals surface area (Å²) in [6.45, 7) is 6.22. The van der Waals surface area contributed by atoms with E-state index in [1.165, 1.54) is 0 Å². The Labute approximate surface area is 103 Å². The van der Waals surface area contributed by atoms with Crippen LogP contribution in [-0.4, -0.2) is 72.7 Å². The molecule has 0 aliphatic carbocycles. The number of hydrogen-bond acceptors (Lipinski definition) is 4. The summed E-state index contributed by atoms with van der Waals surface area (Å²) in [5.41, 5.74) is 0. The van der Waals surface area contributed by atoms with Crippen LogP contribution in [0.4, 0.5) is 0 Å². The number of aliphatic hydroxyl groups excluding tert-OH is 1. The second-order valence-electron chi connectivity index (χ2n) is 4.95. The van der Waals surface area contributed by atoms with E-state index in [4.69, 9.17) is 0 Å². The van der Waals surface area contributed by atoms with Gasteiger partial charge in [0.2, 0.25) is 5.91 Å². The number of nitrogens with one attached hydrogen (secondary N) is 1. The van der Waals surface area contributed by atoms with Gasteiger partial charge in [0.25, 0.3) is 0 Å². The van der Waals surface area contributed by atoms with E-state index in [1.54, 1.807) is 0 Å². The summed E-state index contributed by atoms with van der Waals surface area (Å²) in [7, 11) is 0. The number of aliphatic hydroxyl groups is 1. The van der Waals surface area contributed by atoms with E-state index in [-0.39, 0.29) is 12.0 Å². The summed E-state index contributed by atoms with van der Waals surface area (Å²) in [5.74, 6) is 0.276. The molecule has 2 fully saturated rings. The van der Waals surface area contributed by atoms with Gasteiger partial charge in [-0.25, -0.2) is 0 Å². The van der Waals surface area contributed by atoms with Crippen LogP contribution < -0.4 is 5.32 Å². The van der Waals surface area contributed by atoms with Gasteiger partial charge in [-0.2, -0.15) is 0 Å². The Morgan fingerprint density at radius 1 is 1.18 bits per heavy atom. The van der Waals surface area contributed by atoms with Crippen LogP contribution in [0.5, 0.6) is 0 Å². The van der Waals surface area contributed by atoms with Gasteiger partial charge in [-0.3, -0.25) is 4.79 Å². The number of piperidine rings is 1. The van der Waals surface area contributed by atoms with Gasteiger partial charge in [0.15, 0.2) is 0 Å². The molecule has 2 aliphatic heterocycles. The number of amides is 1. The Bertz CT molecular complexity index is 246. The topological polar surface area (TPSA) is 55.8 Å². The van der Waals surface area contributed by atoms with Crippen LogP contribution in [0.1, 0.15) is 19.3 Å². The van der Waals surface area contributed by atoms with Gasteiger partial charge in [-0.15, -0.1) is 0 Å². The van der Waals surface area contributed by atoms with Crippen molar-refractivity contribution < 1.29 is 9.90 Å². The molecule has 0 aromatic carbocycles. The van der Waals surface area contributed by atoms with Crippen molar-refractivity contribution in [3.05, 3.63) is 0 Å². The first kappa shape index (κ1) is 12.8. The van der Waals surface area contributed by atoms with E-state index < -0.39 is 0 Å². The van der Waals surface area contributed by atoms with Gasteiger partial charge in [-0.1, -0.05) is 0 Å². The highest BCUT2D eigenvalue weighted by atomic mass is 16.3. The average Bonchev–Trinajstić information content (AvgIpc) is 2.39. The molecule has 0 atom stereocenters. The van der Waals surface area contributed by atoms with E-state index in [2.05, 4.69) is 10.2 Å². The Balaban J connectivity index is 1.65. The first-order chi connectivity index (χ1) is 8.25. The number of carbonyl (C=O) groups is 1. The monoisotopic (exact) mass is 241 g/mol. The Kier molecular flexibility index (Phi) is 4.76. The summed E-state index contributed by atoms with van der Waals surface area (Å²) in [5, 5.41) is 12.6. The van der Waals surface area contributed by atoms with Crippen LogP contribution in [0.25, 0.3) is 0 Å². The molecule has 98 valence electrons. The smallest absolute Gasteiger partial charge is 0.223 e. The zero-order valence-corrected chi connectivity index (χ0v) is 10.4. The molecular formula is C12H23N3O2. The van der Waals surface area contributed by atoms with Gasteiger partial charge in [0, 0.05) is 52.2 Å². The molecule has 0 unspecified atom stereocenters. The normalized spacial score (nSPS) is 23.9. The van der Waals surface area contributed by atoms with Crippen LogP contribution >= 0.6 is 0 Å². The van der Waals surface area contributed by atoms with Gasteiger partial charge >= 0.3 is 0 Å². The molecule has 5 heteroatoms. The summed E-state index contributed by atoms with van der Waals surface area (Å²) < 4.78 is 0. The number of piperazine rings is 1. The highest BCUT2D eigenvalue weighted by Gasteiger charge is 2.20. The first-order valence-electron chi connectivity index (χ1n) is 6.64. The van der Waals surface area contributed by atoms with E-state index >= 15 is 0 Å². The lowest BCUT2D eigenvalue weighted by Gasteiger charge is -2.31. The molecule has 0 aromatic heterocycles. The van der Waals surface area contributed by atoms with Crippen molar-refractivity contribution in [1.29, 1.82) is 0 Å². The van der Waals surface area contributed by atoms with Gasteiger partial charge in [0.1, 0.15) is 0 Å². The maximum absolute atomic E-state index is 11.9. The third kappa shape index (κ3) is 3.94. The van der Waals surface area contributed by atoms with Gasteiger partial charge < -0.3 is 20.2 Å². The molecule has 2 saturated heterocycles. The zero-order valence-electron chi connectivity index (χ0n) is 10.4. The molecule has 0 bridgehead atoms. The molecule has 2 aliphatic rings. The predicted molar refractivity (Wildman–Crippen MR) is 65.7 cm³/mol. The number of likely N-dealkylation sites (tertiary alicyclic amines) is 1.